The number of nitrogens with zero attached hydrogens (tertiary/aromatic N) is 5. The van der Waals surface area contributed by atoms with E-state index in [4.69, 9.17) is 0 Å². The van der Waals surface area contributed by atoms with Gasteiger partial charge in [-0.15, -0.1) is 10.2 Å². The van der Waals surface area contributed by atoms with Crippen LogP contribution in [0, 0.1) is 0 Å². The zero-order valence-electron chi connectivity index (χ0n) is 16.1. The second-order valence-corrected chi connectivity index (χ2v) is 7.43. The smallest absolute Gasteiger partial charge is 0.137 e. The van der Waals surface area contributed by atoms with Crippen molar-refractivity contribution in [2.45, 2.75) is 38.4 Å². The van der Waals surface area contributed by atoms with Crippen LogP contribution < -0.4 is 5.32 Å². The van der Waals surface area contributed by atoms with Crippen molar-refractivity contribution in [3.05, 3.63) is 83.8 Å². The first-order valence-corrected chi connectivity index (χ1v) is 9.98. The molecule has 4 heterocycles. The molecule has 1 aromatic carbocycles. The van der Waals surface area contributed by atoms with Crippen LogP contribution in [0.25, 0.3) is 11.3 Å². The lowest BCUT2D eigenvalue weighted by Gasteiger charge is -2.25. The Labute approximate surface area is 169 Å². The molecule has 3 aromatic heterocycles. The zero-order valence-corrected chi connectivity index (χ0v) is 16.1. The summed E-state index contributed by atoms with van der Waals surface area (Å²) in [4.78, 5) is 4.21. The van der Waals surface area contributed by atoms with Gasteiger partial charge in [0.25, 0.3) is 0 Å². The number of pyridine rings is 1. The molecule has 0 saturated carbocycles. The molecule has 1 atom stereocenters. The Morgan fingerprint density at radius 2 is 2.00 bits per heavy atom. The van der Waals surface area contributed by atoms with Crippen LogP contribution in [0.15, 0.2) is 61.1 Å². The predicted octanol–water partition coefficient (Wildman–Crippen LogP) is 2.76. The van der Waals surface area contributed by atoms with E-state index < -0.39 is 0 Å². The Morgan fingerprint density at radius 1 is 1.07 bits per heavy atom. The Kier molecular flexibility index (Phi) is 4.88. The molecule has 4 aromatic rings. The molecule has 146 valence electrons. The number of benzene rings is 1. The number of nitrogens with one attached hydrogen (secondary N) is 2. The molecule has 7 heteroatoms. The lowest BCUT2D eigenvalue weighted by atomic mass is 10.1. The number of aromatic nitrogens is 6. The molecule has 0 aliphatic carbocycles. The molecule has 1 aliphatic rings. The number of aromatic amines is 1. The van der Waals surface area contributed by atoms with Gasteiger partial charge in [0.05, 0.1) is 11.9 Å². The monoisotopic (exact) mass is 385 g/mol. The van der Waals surface area contributed by atoms with Gasteiger partial charge >= 0.3 is 0 Å². The molecule has 0 spiro atoms. The second kappa shape index (κ2) is 7.97. The van der Waals surface area contributed by atoms with Crippen molar-refractivity contribution < 1.29 is 0 Å². The summed E-state index contributed by atoms with van der Waals surface area (Å²) >= 11 is 0. The molecular formula is C22H23N7. The minimum Gasteiger partial charge on any atom is -0.313 e. The van der Waals surface area contributed by atoms with Crippen molar-refractivity contribution in [1.82, 2.24) is 35.3 Å². The van der Waals surface area contributed by atoms with Crippen LogP contribution in [0.2, 0.25) is 0 Å². The quantitative estimate of drug-likeness (QED) is 0.533. The van der Waals surface area contributed by atoms with Gasteiger partial charge in [-0.1, -0.05) is 30.3 Å². The zero-order chi connectivity index (χ0) is 19.5. The van der Waals surface area contributed by atoms with E-state index in [0.717, 1.165) is 60.8 Å². The van der Waals surface area contributed by atoms with E-state index in [0.29, 0.717) is 6.04 Å². The maximum Gasteiger partial charge on any atom is 0.137 e. The number of aryl methyl sites for hydroxylation is 1. The Balaban J connectivity index is 1.27. The average molecular weight is 385 g/mol. The normalized spacial score (nSPS) is 15.9. The Morgan fingerprint density at radius 3 is 2.86 bits per heavy atom. The summed E-state index contributed by atoms with van der Waals surface area (Å²) in [5.74, 6) is 2.13. The van der Waals surface area contributed by atoms with Crippen LogP contribution >= 0.6 is 0 Å². The molecule has 1 unspecified atom stereocenters. The van der Waals surface area contributed by atoms with Crippen LogP contribution in [-0.2, 0) is 25.9 Å². The van der Waals surface area contributed by atoms with Gasteiger partial charge in [0.1, 0.15) is 11.6 Å². The molecule has 5 rings (SSSR count). The van der Waals surface area contributed by atoms with Gasteiger partial charge < -0.3 is 9.88 Å². The van der Waals surface area contributed by atoms with Crippen LogP contribution in [0.5, 0.6) is 0 Å². The summed E-state index contributed by atoms with van der Waals surface area (Å²) in [6.45, 7) is 1.65. The van der Waals surface area contributed by atoms with Crippen molar-refractivity contribution in [1.29, 1.82) is 0 Å². The predicted molar refractivity (Wildman–Crippen MR) is 110 cm³/mol. The number of hydrogen-bond acceptors (Lipinski definition) is 5. The molecule has 0 saturated heterocycles. The van der Waals surface area contributed by atoms with Gasteiger partial charge in [-0.05, 0) is 24.1 Å². The molecule has 0 amide bonds. The summed E-state index contributed by atoms with van der Waals surface area (Å²) in [6, 6.07) is 14.8. The highest BCUT2D eigenvalue weighted by Crippen LogP contribution is 2.21. The highest BCUT2D eigenvalue weighted by Gasteiger charge is 2.23. The SMILES string of the molecule is c1ccc(Cc2nnc3n2CC(NCc2cn[nH]c2-c2cccnc2)CC3)cc1. The van der Waals surface area contributed by atoms with E-state index in [-0.39, 0.29) is 0 Å². The Bertz CT molecular complexity index is 1070. The van der Waals surface area contributed by atoms with E-state index in [1.54, 1.807) is 6.20 Å². The topological polar surface area (TPSA) is 84.3 Å². The van der Waals surface area contributed by atoms with E-state index in [9.17, 15) is 0 Å². The van der Waals surface area contributed by atoms with Gasteiger partial charge in [-0.2, -0.15) is 5.10 Å². The molecule has 0 radical (unpaired) electrons. The number of H-pyrrole nitrogens is 1. The first-order valence-electron chi connectivity index (χ1n) is 9.98. The fourth-order valence-electron chi connectivity index (χ4n) is 3.92. The van der Waals surface area contributed by atoms with Crippen LogP contribution in [0.4, 0.5) is 0 Å². The number of rotatable bonds is 6. The first kappa shape index (κ1) is 17.8. The molecule has 2 N–H and O–H groups in total. The first-order chi connectivity index (χ1) is 14.4. The lowest BCUT2D eigenvalue weighted by molar-refractivity contribution is 0.374. The van der Waals surface area contributed by atoms with Gasteiger partial charge in [-0.3, -0.25) is 10.1 Å². The van der Waals surface area contributed by atoms with Crippen molar-refractivity contribution in [2.75, 3.05) is 0 Å². The maximum atomic E-state index is 4.45. The van der Waals surface area contributed by atoms with E-state index in [2.05, 4.69) is 59.5 Å². The number of hydrogen-bond donors (Lipinski definition) is 2. The number of fused-ring (bicyclic) bond motifs is 1. The van der Waals surface area contributed by atoms with Crippen molar-refractivity contribution >= 4 is 0 Å². The Hall–Kier alpha value is -3.32. The van der Waals surface area contributed by atoms with Crippen molar-refractivity contribution in [3.8, 4) is 11.3 Å². The van der Waals surface area contributed by atoms with E-state index >= 15 is 0 Å². The summed E-state index contributed by atoms with van der Waals surface area (Å²) in [7, 11) is 0. The molecular weight excluding hydrogens is 362 g/mol. The highest BCUT2D eigenvalue weighted by molar-refractivity contribution is 5.61. The summed E-state index contributed by atoms with van der Waals surface area (Å²) in [6.07, 6.45) is 8.35. The van der Waals surface area contributed by atoms with Gasteiger partial charge in [0, 0.05) is 55.5 Å². The van der Waals surface area contributed by atoms with E-state index in [1.165, 1.54) is 5.56 Å². The molecule has 29 heavy (non-hydrogen) atoms. The van der Waals surface area contributed by atoms with Gasteiger partial charge in [0.2, 0.25) is 0 Å². The fraction of sp³-hybridized carbons (Fsp3) is 0.273. The van der Waals surface area contributed by atoms with Crippen LogP contribution in [0.3, 0.4) is 0 Å². The maximum absolute atomic E-state index is 4.45. The van der Waals surface area contributed by atoms with Gasteiger partial charge in [0.15, 0.2) is 0 Å². The summed E-state index contributed by atoms with van der Waals surface area (Å²) < 4.78 is 2.28. The van der Waals surface area contributed by atoms with Gasteiger partial charge in [-0.25, -0.2) is 0 Å². The van der Waals surface area contributed by atoms with Crippen LogP contribution in [-0.4, -0.2) is 36.0 Å². The molecule has 7 nitrogen and oxygen atoms in total. The fourth-order valence-corrected chi connectivity index (χ4v) is 3.92. The molecule has 0 fully saturated rings. The molecule has 1 aliphatic heterocycles. The van der Waals surface area contributed by atoms with E-state index in [1.807, 2.05) is 30.6 Å². The second-order valence-electron chi connectivity index (χ2n) is 7.43. The van der Waals surface area contributed by atoms with Crippen molar-refractivity contribution in [2.24, 2.45) is 0 Å². The minimum absolute atomic E-state index is 0.379. The third-order valence-corrected chi connectivity index (χ3v) is 5.48. The lowest BCUT2D eigenvalue weighted by Crippen LogP contribution is -2.37. The molecule has 0 bridgehead atoms. The third-order valence-electron chi connectivity index (χ3n) is 5.48. The summed E-state index contributed by atoms with van der Waals surface area (Å²) in [5, 5.41) is 19.9. The largest absolute Gasteiger partial charge is 0.313 e. The van der Waals surface area contributed by atoms with Crippen molar-refractivity contribution in [3.63, 3.8) is 0 Å². The average Bonchev–Trinajstić information content (AvgIpc) is 3.41. The summed E-state index contributed by atoms with van der Waals surface area (Å²) in [5.41, 5.74) is 4.49. The van der Waals surface area contributed by atoms with Crippen LogP contribution in [0.1, 0.15) is 29.2 Å². The standard InChI is InChI=1S/C22H23N7/c1-2-5-16(6-3-1)11-21-27-26-20-9-8-19(15-29(20)21)24-13-18-14-25-28-22(18)17-7-4-10-23-12-17/h1-7,10,12,14,19,24H,8-9,11,13,15H2,(H,25,28). The minimum atomic E-state index is 0.379. The highest BCUT2D eigenvalue weighted by atomic mass is 15.3. The third kappa shape index (κ3) is 3.82.